The maximum atomic E-state index is 10.9. The lowest BCUT2D eigenvalue weighted by Gasteiger charge is -2.09. The van der Waals surface area contributed by atoms with Crippen LogP contribution in [-0.2, 0) is 18.0 Å². The summed E-state index contributed by atoms with van der Waals surface area (Å²) in [5, 5.41) is 9.60. The lowest BCUT2D eigenvalue weighted by molar-refractivity contribution is 0.0696. The van der Waals surface area contributed by atoms with Crippen LogP contribution < -0.4 is 0 Å². The van der Waals surface area contributed by atoms with Gasteiger partial charge in [-0.1, -0.05) is 35.9 Å². The van der Waals surface area contributed by atoms with E-state index in [-0.39, 0.29) is 5.56 Å². The van der Waals surface area contributed by atoms with Crippen LogP contribution in [0.1, 0.15) is 27.0 Å². The number of rotatable bonds is 5. The van der Waals surface area contributed by atoms with E-state index in [9.17, 15) is 4.79 Å². The van der Waals surface area contributed by atoms with Gasteiger partial charge in [-0.3, -0.25) is 0 Å². The number of benzene rings is 2. The average molecular weight is 291 g/mol. The third-order valence-corrected chi connectivity index (χ3v) is 3.43. The normalized spacial score (nSPS) is 10.5. The third-order valence-electron chi connectivity index (χ3n) is 3.06. The molecule has 2 aromatic carbocycles. The summed E-state index contributed by atoms with van der Waals surface area (Å²) >= 11 is 6.05. The van der Waals surface area contributed by atoms with Crippen LogP contribution in [0.15, 0.2) is 42.5 Å². The van der Waals surface area contributed by atoms with Crippen molar-refractivity contribution in [1.29, 1.82) is 0 Å². The minimum Gasteiger partial charge on any atom is -0.478 e. The first-order valence-corrected chi connectivity index (χ1v) is 6.59. The Bertz CT molecular complexity index is 623. The average Bonchev–Trinajstić information content (AvgIpc) is 2.42. The summed E-state index contributed by atoms with van der Waals surface area (Å²) in [4.78, 5) is 10.9. The Kier molecular flexibility index (Phi) is 4.77. The molecule has 104 valence electrons. The molecule has 3 nitrogen and oxygen atoms in total. The summed E-state index contributed by atoms with van der Waals surface area (Å²) in [5.74, 6) is -0.920. The Morgan fingerprint density at radius 1 is 1.15 bits per heavy atom. The summed E-state index contributed by atoms with van der Waals surface area (Å²) in [5.41, 5.74) is 3.11. The molecule has 0 radical (unpaired) electrons. The van der Waals surface area contributed by atoms with E-state index in [1.54, 1.807) is 18.2 Å². The lowest BCUT2D eigenvalue weighted by atomic mass is 10.1. The molecule has 4 heteroatoms. The summed E-state index contributed by atoms with van der Waals surface area (Å²) in [6.07, 6.45) is 0. The highest BCUT2D eigenvalue weighted by Gasteiger charge is 2.06. The summed E-state index contributed by atoms with van der Waals surface area (Å²) < 4.78 is 5.64. The molecule has 0 atom stereocenters. The van der Waals surface area contributed by atoms with E-state index >= 15 is 0 Å². The fourth-order valence-corrected chi connectivity index (χ4v) is 2.07. The Labute approximate surface area is 122 Å². The monoisotopic (exact) mass is 290 g/mol. The number of carboxylic acids is 1. The molecule has 0 saturated carbocycles. The molecule has 0 aliphatic rings. The quantitative estimate of drug-likeness (QED) is 0.903. The first-order valence-electron chi connectivity index (χ1n) is 6.22. The van der Waals surface area contributed by atoms with Crippen LogP contribution >= 0.6 is 11.6 Å². The molecule has 20 heavy (non-hydrogen) atoms. The third kappa shape index (κ3) is 3.59. The van der Waals surface area contributed by atoms with Crippen LogP contribution in [0.4, 0.5) is 0 Å². The number of carbonyl (C=O) groups is 1. The fourth-order valence-electron chi connectivity index (χ4n) is 1.88. The van der Waals surface area contributed by atoms with E-state index in [1.807, 2.05) is 31.2 Å². The van der Waals surface area contributed by atoms with Crippen LogP contribution in [-0.4, -0.2) is 11.1 Å². The summed E-state index contributed by atoms with van der Waals surface area (Å²) in [6.45, 7) is 2.73. The summed E-state index contributed by atoms with van der Waals surface area (Å²) in [6, 6.07) is 12.6. The van der Waals surface area contributed by atoms with E-state index in [4.69, 9.17) is 21.4 Å². The van der Waals surface area contributed by atoms with Crippen molar-refractivity contribution in [2.24, 2.45) is 0 Å². The Morgan fingerprint density at radius 3 is 2.50 bits per heavy atom. The van der Waals surface area contributed by atoms with Gasteiger partial charge >= 0.3 is 5.97 Å². The van der Waals surface area contributed by atoms with E-state index in [0.29, 0.717) is 18.2 Å². The Balaban J connectivity index is 1.98. The van der Waals surface area contributed by atoms with E-state index in [1.165, 1.54) is 0 Å². The van der Waals surface area contributed by atoms with E-state index in [2.05, 4.69) is 0 Å². The van der Waals surface area contributed by atoms with Crippen LogP contribution in [0.2, 0.25) is 5.02 Å². The van der Waals surface area contributed by atoms with Crippen molar-refractivity contribution in [1.82, 2.24) is 0 Å². The van der Waals surface area contributed by atoms with Crippen LogP contribution in [0.5, 0.6) is 0 Å². The van der Waals surface area contributed by atoms with Gasteiger partial charge in [-0.2, -0.15) is 0 Å². The van der Waals surface area contributed by atoms with Crippen molar-refractivity contribution < 1.29 is 14.6 Å². The van der Waals surface area contributed by atoms with Gasteiger partial charge in [-0.05, 0) is 41.8 Å². The van der Waals surface area contributed by atoms with E-state index in [0.717, 1.165) is 16.7 Å². The molecule has 0 aliphatic heterocycles. The minimum absolute atomic E-state index is 0.289. The molecule has 0 bridgehead atoms. The molecule has 0 spiro atoms. The van der Waals surface area contributed by atoms with Crippen molar-refractivity contribution >= 4 is 17.6 Å². The zero-order valence-corrected chi connectivity index (χ0v) is 11.9. The standard InChI is InChI=1S/C16H15ClO3/c1-11-8-12(16(18)19)6-7-13(11)9-20-10-14-4-2-3-5-15(14)17/h2-8H,9-10H2,1H3,(H,18,19). The van der Waals surface area contributed by atoms with Crippen molar-refractivity contribution in [3.63, 3.8) is 0 Å². The van der Waals surface area contributed by atoms with Gasteiger partial charge in [0.15, 0.2) is 0 Å². The van der Waals surface area contributed by atoms with Gasteiger partial charge in [0.05, 0.1) is 18.8 Å². The largest absolute Gasteiger partial charge is 0.478 e. The Morgan fingerprint density at radius 2 is 1.85 bits per heavy atom. The molecule has 0 fully saturated rings. The smallest absolute Gasteiger partial charge is 0.335 e. The first kappa shape index (κ1) is 14.6. The predicted molar refractivity (Wildman–Crippen MR) is 78.1 cm³/mol. The number of halogens is 1. The number of ether oxygens (including phenoxy) is 1. The lowest BCUT2D eigenvalue weighted by Crippen LogP contribution is -2.01. The molecule has 0 aromatic heterocycles. The second kappa shape index (κ2) is 6.55. The molecular formula is C16H15ClO3. The second-order valence-corrected chi connectivity index (χ2v) is 4.94. The molecule has 1 N–H and O–H groups in total. The number of carboxylic acid groups (broad SMARTS) is 1. The van der Waals surface area contributed by atoms with Gasteiger partial charge in [-0.25, -0.2) is 4.79 Å². The number of aryl methyl sites for hydroxylation is 1. The molecule has 0 unspecified atom stereocenters. The second-order valence-electron chi connectivity index (χ2n) is 4.53. The minimum atomic E-state index is -0.920. The van der Waals surface area contributed by atoms with Crippen molar-refractivity contribution in [2.45, 2.75) is 20.1 Å². The van der Waals surface area contributed by atoms with Crippen molar-refractivity contribution in [2.75, 3.05) is 0 Å². The molecule has 2 rings (SSSR count). The maximum absolute atomic E-state index is 10.9. The Hall–Kier alpha value is -1.84. The molecule has 0 heterocycles. The first-order chi connectivity index (χ1) is 9.58. The molecular weight excluding hydrogens is 276 g/mol. The topological polar surface area (TPSA) is 46.5 Å². The van der Waals surface area contributed by atoms with Crippen molar-refractivity contribution in [3.05, 3.63) is 69.7 Å². The molecule has 2 aromatic rings. The molecule has 0 amide bonds. The van der Waals surface area contributed by atoms with Gasteiger partial charge in [0.2, 0.25) is 0 Å². The fraction of sp³-hybridized carbons (Fsp3) is 0.188. The van der Waals surface area contributed by atoms with Gasteiger partial charge in [-0.15, -0.1) is 0 Å². The van der Waals surface area contributed by atoms with Crippen molar-refractivity contribution in [3.8, 4) is 0 Å². The molecule has 0 saturated heterocycles. The highest BCUT2D eigenvalue weighted by Crippen LogP contribution is 2.17. The maximum Gasteiger partial charge on any atom is 0.335 e. The summed E-state index contributed by atoms with van der Waals surface area (Å²) in [7, 11) is 0. The number of hydrogen-bond donors (Lipinski definition) is 1. The number of aromatic carboxylic acids is 1. The van der Waals surface area contributed by atoms with Gasteiger partial charge in [0.25, 0.3) is 0 Å². The van der Waals surface area contributed by atoms with Gasteiger partial charge < -0.3 is 9.84 Å². The van der Waals surface area contributed by atoms with Crippen LogP contribution in [0.3, 0.4) is 0 Å². The number of hydrogen-bond acceptors (Lipinski definition) is 2. The molecule has 0 aliphatic carbocycles. The van der Waals surface area contributed by atoms with Gasteiger partial charge in [0, 0.05) is 5.02 Å². The zero-order valence-electron chi connectivity index (χ0n) is 11.1. The highest BCUT2D eigenvalue weighted by atomic mass is 35.5. The predicted octanol–water partition coefficient (Wildman–Crippen LogP) is 4.06. The van der Waals surface area contributed by atoms with Gasteiger partial charge in [0.1, 0.15) is 0 Å². The van der Waals surface area contributed by atoms with Crippen LogP contribution in [0, 0.1) is 6.92 Å². The highest BCUT2D eigenvalue weighted by molar-refractivity contribution is 6.31. The van der Waals surface area contributed by atoms with Crippen LogP contribution in [0.25, 0.3) is 0 Å². The zero-order chi connectivity index (χ0) is 14.5. The van der Waals surface area contributed by atoms with E-state index < -0.39 is 5.97 Å². The SMILES string of the molecule is Cc1cc(C(=O)O)ccc1COCc1ccccc1Cl.